The van der Waals surface area contributed by atoms with Crippen LogP contribution in [0.15, 0.2) is 12.1 Å². The van der Waals surface area contributed by atoms with E-state index in [1.54, 1.807) is 7.11 Å². The molecule has 4 heteroatoms. The van der Waals surface area contributed by atoms with Crippen molar-refractivity contribution >= 4 is 0 Å². The Bertz CT molecular complexity index is 587. The Hall–Kier alpha value is -1.81. The zero-order chi connectivity index (χ0) is 14.0. The average Bonchev–Trinajstić information content (AvgIpc) is 2.83. The Morgan fingerprint density at radius 2 is 1.95 bits per heavy atom. The second kappa shape index (κ2) is 5.45. The van der Waals surface area contributed by atoms with E-state index in [2.05, 4.69) is 43.1 Å². The molecular weight excluding hydrogens is 238 g/mol. The molecule has 0 amide bonds. The quantitative estimate of drug-likeness (QED) is 0.886. The summed E-state index contributed by atoms with van der Waals surface area (Å²) in [6.45, 7) is 6.87. The van der Waals surface area contributed by atoms with Crippen LogP contribution >= 0.6 is 0 Å². The summed E-state index contributed by atoms with van der Waals surface area (Å²) in [5.74, 6) is 0.957. The van der Waals surface area contributed by atoms with Crippen LogP contribution in [0.25, 0.3) is 11.3 Å². The lowest BCUT2D eigenvalue weighted by Gasteiger charge is -2.14. The zero-order valence-electron chi connectivity index (χ0n) is 12.0. The molecule has 1 heterocycles. The van der Waals surface area contributed by atoms with Gasteiger partial charge in [0.2, 0.25) is 0 Å². The van der Waals surface area contributed by atoms with Crippen LogP contribution in [0.5, 0.6) is 5.75 Å². The van der Waals surface area contributed by atoms with Crippen LogP contribution < -0.4 is 10.5 Å². The van der Waals surface area contributed by atoms with Crippen molar-refractivity contribution in [2.45, 2.75) is 27.2 Å². The minimum Gasteiger partial charge on any atom is -0.496 e. The SMILES string of the molecule is COc1c(C)cc(-c2cc(CCN)[nH]n2)c(C)c1C. The first-order chi connectivity index (χ1) is 9.08. The van der Waals surface area contributed by atoms with Crippen LogP contribution in [0.4, 0.5) is 0 Å². The first-order valence-corrected chi connectivity index (χ1v) is 6.48. The third-order valence-corrected chi connectivity index (χ3v) is 3.55. The highest BCUT2D eigenvalue weighted by Crippen LogP contribution is 2.33. The van der Waals surface area contributed by atoms with Gasteiger partial charge >= 0.3 is 0 Å². The zero-order valence-corrected chi connectivity index (χ0v) is 12.0. The number of aryl methyl sites for hydroxylation is 1. The van der Waals surface area contributed by atoms with Gasteiger partial charge in [0.15, 0.2) is 0 Å². The molecule has 0 saturated heterocycles. The molecule has 0 bridgehead atoms. The molecule has 1 aromatic carbocycles. The Kier molecular flexibility index (Phi) is 3.90. The molecule has 2 rings (SSSR count). The average molecular weight is 259 g/mol. The summed E-state index contributed by atoms with van der Waals surface area (Å²) < 4.78 is 5.45. The van der Waals surface area contributed by atoms with E-state index in [0.29, 0.717) is 6.54 Å². The van der Waals surface area contributed by atoms with E-state index in [0.717, 1.165) is 34.7 Å². The van der Waals surface area contributed by atoms with Crippen LogP contribution in [-0.2, 0) is 6.42 Å². The summed E-state index contributed by atoms with van der Waals surface area (Å²) in [7, 11) is 1.71. The lowest BCUT2D eigenvalue weighted by Crippen LogP contribution is -2.02. The Morgan fingerprint density at radius 1 is 1.21 bits per heavy atom. The molecule has 0 spiro atoms. The van der Waals surface area contributed by atoms with E-state index in [9.17, 15) is 0 Å². The molecule has 102 valence electrons. The molecule has 4 nitrogen and oxygen atoms in total. The van der Waals surface area contributed by atoms with Crippen LogP contribution in [0.3, 0.4) is 0 Å². The maximum absolute atomic E-state index is 5.56. The predicted molar refractivity (Wildman–Crippen MR) is 77.5 cm³/mol. The maximum atomic E-state index is 5.56. The first kappa shape index (κ1) is 13.6. The third kappa shape index (κ3) is 2.49. The second-order valence-corrected chi connectivity index (χ2v) is 4.84. The maximum Gasteiger partial charge on any atom is 0.124 e. The van der Waals surface area contributed by atoms with Gasteiger partial charge in [0, 0.05) is 17.7 Å². The summed E-state index contributed by atoms with van der Waals surface area (Å²) in [5.41, 5.74) is 12.2. The molecule has 3 N–H and O–H groups in total. The van der Waals surface area contributed by atoms with Gasteiger partial charge in [-0.3, -0.25) is 5.10 Å². The molecule has 0 radical (unpaired) electrons. The van der Waals surface area contributed by atoms with E-state index >= 15 is 0 Å². The number of H-pyrrole nitrogens is 1. The van der Waals surface area contributed by atoms with Crippen molar-refractivity contribution in [2.24, 2.45) is 5.73 Å². The topological polar surface area (TPSA) is 63.9 Å². The van der Waals surface area contributed by atoms with Gasteiger partial charge in [0.25, 0.3) is 0 Å². The van der Waals surface area contributed by atoms with E-state index < -0.39 is 0 Å². The van der Waals surface area contributed by atoms with Gasteiger partial charge in [-0.15, -0.1) is 0 Å². The monoisotopic (exact) mass is 259 g/mol. The number of aromatic amines is 1. The number of ether oxygens (including phenoxy) is 1. The number of nitrogens with zero attached hydrogens (tertiary/aromatic N) is 1. The minimum absolute atomic E-state index is 0.626. The van der Waals surface area contributed by atoms with Crippen LogP contribution in [0.1, 0.15) is 22.4 Å². The number of methoxy groups -OCH3 is 1. The van der Waals surface area contributed by atoms with Crippen LogP contribution in [0.2, 0.25) is 0 Å². The molecular formula is C15H21N3O. The van der Waals surface area contributed by atoms with Gasteiger partial charge in [-0.1, -0.05) is 0 Å². The second-order valence-electron chi connectivity index (χ2n) is 4.84. The largest absolute Gasteiger partial charge is 0.496 e. The normalized spacial score (nSPS) is 10.8. The first-order valence-electron chi connectivity index (χ1n) is 6.48. The highest BCUT2D eigenvalue weighted by atomic mass is 16.5. The smallest absolute Gasteiger partial charge is 0.124 e. The van der Waals surface area contributed by atoms with Crippen LogP contribution in [-0.4, -0.2) is 23.9 Å². The van der Waals surface area contributed by atoms with Gasteiger partial charge in [0.05, 0.1) is 12.8 Å². The van der Waals surface area contributed by atoms with E-state index in [1.165, 1.54) is 11.1 Å². The van der Waals surface area contributed by atoms with Crippen molar-refractivity contribution < 1.29 is 4.74 Å². The third-order valence-electron chi connectivity index (χ3n) is 3.55. The van der Waals surface area contributed by atoms with Crippen molar-refractivity contribution in [1.82, 2.24) is 10.2 Å². The molecule has 19 heavy (non-hydrogen) atoms. The van der Waals surface area contributed by atoms with Crippen molar-refractivity contribution in [3.05, 3.63) is 34.5 Å². The lowest BCUT2D eigenvalue weighted by atomic mass is 9.96. The minimum atomic E-state index is 0.626. The number of rotatable bonds is 4. The number of hydrogen-bond acceptors (Lipinski definition) is 3. The number of nitrogens with one attached hydrogen (secondary N) is 1. The fourth-order valence-corrected chi connectivity index (χ4v) is 2.42. The molecule has 1 aromatic heterocycles. The molecule has 0 aliphatic rings. The summed E-state index contributed by atoms with van der Waals surface area (Å²) >= 11 is 0. The Labute approximate surface area is 114 Å². The fourth-order valence-electron chi connectivity index (χ4n) is 2.42. The summed E-state index contributed by atoms with van der Waals surface area (Å²) in [6.07, 6.45) is 0.820. The Balaban J connectivity index is 2.50. The van der Waals surface area contributed by atoms with Gasteiger partial charge in [-0.25, -0.2) is 0 Å². The van der Waals surface area contributed by atoms with E-state index in [1.807, 2.05) is 0 Å². The number of nitrogens with two attached hydrogens (primary N) is 1. The summed E-state index contributed by atoms with van der Waals surface area (Å²) in [4.78, 5) is 0. The molecule has 0 fully saturated rings. The lowest BCUT2D eigenvalue weighted by molar-refractivity contribution is 0.408. The molecule has 0 atom stereocenters. The molecule has 2 aromatic rings. The van der Waals surface area contributed by atoms with Crippen LogP contribution in [0, 0.1) is 20.8 Å². The van der Waals surface area contributed by atoms with Crippen molar-refractivity contribution in [2.75, 3.05) is 13.7 Å². The Morgan fingerprint density at radius 3 is 2.58 bits per heavy atom. The number of benzene rings is 1. The predicted octanol–water partition coefficient (Wildman–Crippen LogP) is 2.51. The number of aromatic nitrogens is 2. The van der Waals surface area contributed by atoms with Crippen molar-refractivity contribution in [3.63, 3.8) is 0 Å². The van der Waals surface area contributed by atoms with Gasteiger partial charge in [-0.05, 0) is 56.1 Å². The van der Waals surface area contributed by atoms with Gasteiger partial charge in [0.1, 0.15) is 5.75 Å². The molecule has 0 aliphatic carbocycles. The molecule has 0 aliphatic heterocycles. The van der Waals surface area contributed by atoms with Crippen molar-refractivity contribution in [3.8, 4) is 17.0 Å². The van der Waals surface area contributed by atoms with Crippen molar-refractivity contribution in [1.29, 1.82) is 0 Å². The van der Waals surface area contributed by atoms with Gasteiger partial charge in [-0.2, -0.15) is 5.10 Å². The fraction of sp³-hybridized carbons (Fsp3) is 0.400. The van der Waals surface area contributed by atoms with E-state index in [-0.39, 0.29) is 0 Å². The standard InChI is InChI=1S/C15H21N3O/c1-9-7-13(10(2)11(3)15(9)19-4)14-8-12(5-6-16)17-18-14/h7-8H,5-6,16H2,1-4H3,(H,17,18). The van der Waals surface area contributed by atoms with Gasteiger partial charge < -0.3 is 10.5 Å². The molecule has 0 unspecified atom stereocenters. The van der Waals surface area contributed by atoms with E-state index in [4.69, 9.17) is 10.5 Å². The number of hydrogen-bond donors (Lipinski definition) is 2. The highest BCUT2D eigenvalue weighted by molar-refractivity contribution is 5.69. The summed E-state index contributed by atoms with van der Waals surface area (Å²) in [5, 5.41) is 7.42. The summed E-state index contributed by atoms with van der Waals surface area (Å²) in [6, 6.07) is 4.20. The highest BCUT2D eigenvalue weighted by Gasteiger charge is 2.13. The molecule has 0 saturated carbocycles.